The summed E-state index contributed by atoms with van der Waals surface area (Å²) < 4.78 is 47.2. The van der Waals surface area contributed by atoms with Crippen LogP contribution in [0.2, 0.25) is 0 Å². The van der Waals surface area contributed by atoms with Crippen molar-refractivity contribution in [1.82, 2.24) is 30.7 Å². The summed E-state index contributed by atoms with van der Waals surface area (Å²) in [6.07, 6.45) is 1.91. The van der Waals surface area contributed by atoms with Gasteiger partial charge in [0.2, 0.25) is 23.6 Å². The number of nitrogens with one attached hydrogen (secondary N) is 3. The normalized spacial score (nSPS) is 19.1. The third-order valence-electron chi connectivity index (χ3n) is 14.4. The highest BCUT2D eigenvalue weighted by atomic mass is 32.1. The molecule has 2 saturated heterocycles. The summed E-state index contributed by atoms with van der Waals surface area (Å²) in [5.74, 6) is 1.65. The van der Waals surface area contributed by atoms with E-state index in [0.717, 1.165) is 52.3 Å². The number of piperidine rings is 2. The third kappa shape index (κ3) is 11.3. The summed E-state index contributed by atoms with van der Waals surface area (Å²) in [6, 6.07) is 20.7. The highest BCUT2D eigenvalue weighted by Gasteiger charge is 2.51. The molecule has 18 nitrogen and oxygen atoms in total. The van der Waals surface area contributed by atoms with Crippen LogP contribution in [0.25, 0.3) is 10.1 Å². The fourth-order valence-electron chi connectivity index (χ4n) is 10.3. The molecule has 0 aliphatic carbocycles. The summed E-state index contributed by atoms with van der Waals surface area (Å²) >= 11 is 0.944. The van der Waals surface area contributed by atoms with E-state index in [-0.39, 0.29) is 77.6 Å². The number of rotatable bonds is 13. The minimum atomic E-state index is -5.87. The first-order chi connectivity index (χ1) is 37.0. The van der Waals surface area contributed by atoms with E-state index in [2.05, 4.69) is 27.8 Å². The number of likely N-dealkylation sites (tertiary alicyclic amines) is 1. The molecule has 8 amide bonds. The van der Waals surface area contributed by atoms with Crippen LogP contribution in [0, 0.1) is 17.3 Å². The van der Waals surface area contributed by atoms with E-state index in [1.807, 2.05) is 30.3 Å². The molecular weight excluding hydrogens is 1050 g/mol. The van der Waals surface area contributed by atoms with Crippen LogP contribution in [-0.2, 0) is 47.2 Å². The van der Waals surface area contributed by atoms with E-state index in [4.69, 9.17) is 4.74 Å². The molecule has 0 radical (unpaired) electrons. The van der Waals surface area contributed by atoms with Crippen molar-refractivity contribution in [3.8, 4) is 17.6 Å². The molecule has 22 heteroatoms. The van der Waals surface area contributed by atoms with E-state index in [1.54, 1.807) is 56.0 Å². The second kappa shape index (κ2) is 22.0. The van der Waals surface area contributed by atoms with Gasteiger partial charge in [0.1, 0.15) is 23.9 Å². The predicted octanol–water partition coefficient (Wildman–Crippen LogP) is 5.97. The Bertz CT molecular complexity index is 3400. The number of fused-ring (bicyclic) bond motifs is 3. The number of nitrogens with zero attached hydrogens (tertiary/aromatic N) is 3. The van der Waals surface area contributed by atoms with Crippen LogP contribution in [0.1, 0.15) is 117 Å². The van der Waals surface area contributed by atoms with Crippen molar-refractivity contribution >= 4 is 76.3 Å². The maximum atomic E-state index is 15.2. The Kier molecular flexibility index (Phi) is 15.6. The first kappa shape index (κ1) is 55.1. The molecule has 2 fully saturated rings. The van der Waals surface area contributed by atoms with Gasteiger partial charge in [0.15, 0.2) is 6.61 Å². The SMILES string of the molecule is CC(C)(C)[C@H](NC(=O)c1cc2cc(C(F)(F)P(=O)(O)O)ccc2s1)C(=O)N1Cc2cc(OCC(=O)NCCC#Cc3cccc4c3C(=O)N(C3CCC(=O)NC3=O)C4=O)ccc2C[C@H]1C(=O)N1CCCC(c2ccccc2)C1. The number of hydrogen-bond acceptors (Lipinski definition) is 11. The summed E-state index contributed by atoms with van der Waals surface area (Å²) in [6.45, 7) is 5.83. The van der Waals surface area contributed by atoms with Gasteiger partial charge < -0.3 is 35.0 Å². The van der Waals surface area contributed by atoms with Crippen molar-refractivity contribution in [2.24, 2.45) is 5.41 Å². The predicted molar refractivity (Wildman–Crippen MR) is 281 cm³/mol. The Morgan fingerprint density at radius 1 is 0.923 bits per heavy atom. The highest BCUT2D eigenvalue weighted by molar-refractivity contribution is 7.52. The summed E-state index contributed by atoms with van der Waals surface area (Å²) in [7, 11) is -5.87. The molecule has 0 spiro atoms. The lowest BCUT2D eigenvalue weighted by molar-refractivity contribution is -0.150. The van der Waals surface area contributed by atoms with Crippen molar-refractivity contribution in [3.05, 3.63) is 135 Å². The number of halogens is 2. The van der Waals surface area contributed by atoms with Crippen LogP contribution in [0.4, 0.5) is 8.78 Å². The number of amides is 8. The van der Waals surface area contributed by atoms with Gasteiger partial charge in [-0.05, 0) is 89.2 Å². The molecule has 1 aromatic heterocycles. The number of ether oxygens (including phenoxy) is 1. The average molecular weight is 1110 g/mol. The second-order valence-corrected chi connectivity index (χ2v) is 23.5. The first-order valence-electron chi connectivity index (χ1n) is 25.3. The van der Waals surface area contributed by atoms with E-state index >= 15 is 4.79 Å². The van der Waals surface area contributed by atoms with Crippen LogP contribution in [0.5, 0.6) is 5.75 Å². The van der Waals surface area contributed by atoms with Gasteiger partial charge in [0, 0.05) is 67.2 Å². The van der Waals surface area contributed by atoms with Gasteiger partial charge in [0.25, 0.3) is 23.6 Å². The van der Waals surface area contributed by atoms with E-state index < -0.39 is 90.3 Å². The fourth-order valence-corrected chi connectivity index (χ4v) is 11.7. The number of thiophene rings is 1. The summed E-state index contributed by atoms with van der Waals surface area (Å²) in [5.41, 5.74) is -3.40. The van der Waals surface area contributed by atoms with Crippen molar-refractivity contribution < 1.29 is 66.2 Å². The number of hydrogen-bond donors (Lipinski definition) is 5. The zero-order valence-electron chi connectivity index (χ0n) is 42.7. The number of imide groups is 2. The molecule has 5 N–H and O–H groups in total. The third-order valence-corrected chi connectivity index (χ3v) is 16.5. The Morgan fingerprint density at radius 2 is 1.69 bits per heavy atom. The molecule has 5 aromatic rings. The molecule has 406 valence electrons. The second-order valence-electron chi connectivity index (χ2n) is 20.7. The number of carbonyl (C=O) groups is 8. The minimum Gasteiger partial charge on any atom is -0.484 e. The zero-order chi connectivity index (χ0) is 55.8. The number of carbonyl (C=O) groups excluding carboxylic acids is 8. The average Bonchev–Trinajstić information content (AvgIpc) is 4.01. The molecule has 9 rings (SSSR count). The molecule has 0 bridgehead atoms. The maximum Gasteiger partial charge on any atom is 0.399 e. The fraction of sp³-hybridized carbons (Fsp3) is 0.357. The van der Waals surface area contributed by atoms with Gasteiger partial charge in [0.05, 0.1) is 16.0 Å². The van der Waals surface area contributed by atoms with Crippen LogP contribution >= 0.6 is 18.9 Å². The van der Waals surface area contributed by atoms with Gasteiger partial charge in [-0.3, -0.25) is 53.1 Å². The smallest absolute Gasteiger partial charge is 0.399 e. The van der Waals surface area contributed by atoms with Gasteiger partial charge in [-0.25, -0.2) is 0 Å². The monoisotopic (exact) mass is 1100 g/mol. The molecule has 4 atom stereocenters. The molecule has 0 saturated carbocycles. The molecule has 4 aliphatic heterocycles. The Hall–Kier alpha value is -7.63. The molecule has 4 aromatic carbocycles. The minimum absolute atomic E-state index is 0.0135. The van der Waals surface area contributed by atoms with Crippen molar-refractivity contribution in [2.45, 2.75) is 95.5 Å². The Balaban J connectivity index is 0.885. The van der Waals surface area contributed by atoms with Gasteiger partial charge in [-0.15, -0.1) is 11.3 Å². The van der Waals surface area contributed by atoms with Crippen molar-refractivity contribution in [1.29, 1.82) is 0 Å². The van der Waals surface area contributed by atoms with E-state index in [0.29, 0.717) is 29.1 Å². The maximum absolute atomic E-state index is 15.2. The zero-order valence-corrected chi connectivity index (χ0v) is 44.4. The van der Waals surface area contributed by atoms with Gasteiger partial charge >= 0.3 is 13.3 Å². The van der Waals surface area contributed by atoms with Crippen LogP contribution < -0.4 is 20.7 Å². The Labute approximate surface area is 451 Å². The largest absolute Gasteiger partial charge is 0.484 e. The van der Waals surface area contributed by atoms with E-state index in [9.17, 15) is 56.7 Å². The van der Waals surface area contributed by atoms with Crippen LogP contribution in [-0.4, -0.2) is 116 Å². The number of benzene rings is 4. The standard InChI is InChI=1S/C56H55F2N6O12PS/c1-55(2,3)48(61-50(68)44-28-36-25-38(18-21-43(36)78-44)56(57,58)77(73,74)75)54(72)63-30-37-26-39(19-17-34(37)27-42(63)52(70)62-24-10-15-35(29-62)32-11-5-4-6-12-32)76-31-46(66)59-23-8-7-13-33-14-9-16-40-47(33)53(71)64(51(40)69)41-20-22-45(65)60-49(41)67/h4-6,9,11-12,14,16-19,21,25-26,28,35,41-42,48H,8,10,15,20,22-24,27,29-31H2,1-3H3,(H,59,66)(H,61,68)(H,60,65,67)(H2,73,74,75)/t35?,41?,42-,48+/m0/s1. The molecule has 4 aliphatic rings. The van der Waals surface area contributed by atoms with Gasteiger partial charge in [-0.1, -0.05) is 81.1 Å². The van der Waals surface area contributed by atoms with E-state index in [1.165, 1.54) is 23.1 Å². The topological polar surface area (TPSA) is 249 Å². The van der Waals surface area contributed by atoms with Crippen molar-refractivity contribution in [2.75, 3.05) is 26.2 Å². The van der Waals surface area contributed by atoms with Gasteiger partial charge in [-0.2, -0.15) is 8.78 Å². The lowest BCUT2D eigenvalue weighted by Gasteiger charge is -2.43. The summed E-state index contributed by atoms with van der Waals surface area (Å²) in [5, 5.41) is 7.89. The molecular formula is C56H55F2N6O12PS. The quantitative estimate of drug-likeness (QED) is 0.0396. The highest BCUT2D eigenvalue weighted by Crippen LogP contribution is 2.59. The van der Waals surface area contributed by atoms with Crippen LogP contribution in [0.3, 0.4) is 0 Å². The molecule has 5 heterocycles. The lowest BCUT2D eigenvalue weighted by atomic mass is 9.83. The Morgan fingerprint density at radius 3 is 2.42 bits per heavy atom. The molecule has 78 heavy (non-hydrogen) atoms. The van der Waals surface area contributed by atoms with Crippen molar-refractivity contribution in [3.63, 3.8) is 0 Å². The lowest BCUT2D eigenvalue weighted by Crippen LogP contribution is -2.61. The van der Waals surface area contributed by atoms with Crippen LogP contribution in [0.15, 0.2) is 91.0 Å². The number of alkyl halides is 2. The summed E-state index contributed by atoms with van der Waals surface area (Å²) in [4.78, 5) is 131. The molecule has 2 unspecified atom stereocenters. The first-order valence-corrected chi connectivity index (χ1v) is 27.7.